The van der Waals surface area contributed by atoms with Gasteiger partial charge in [-0.3, -0.25) is 4.79 Å². The van der Waals surface area contributed by atoms with Gasteiger partial charge in [0, 0.05) is 15.6 Å². The van der Waals surface area contributed by atoms with Crippen molar-refractivity contribution in [1.82, 2.24) is 4.98 Å². The van der Waals surface area contributed by atoms with E-state index in [2.05, 4.69) is 20.9 Å². The third kappa shape index (κ3) is 4.08. The summed E-state index contributed by atoms with van der Waals surface area (Å²) in [5, 5.41) is 9.67. The molecule has 0 saturated heterocycles. The molecule has 0 fully saturated rings. The van der Waals surface area contributed by atoms with Crippen LogP contribution in [0, 0.1) is 6.92 Å². The minimum atomic E-state index is -0.814. The molecular weight excluding hydrogens is 326 g/mol. The molecule has 1 heterocycles. The molecule has 1 aromatic heterocycles. The van der Waals surface area contributed by atoms with Crippen LogP contribution in [0.1, 0.15) is 11.1 Å². The predicted molar refractivity (Wildman–Crippen MR) is 78.6 cm³/mol. The molecule has 1 aromatic carbocycles. The van der Waals surface area contributed by atoms with Crippen LogP contribution in [0.3, 0.4) is 0 Å². The lowest BCUT2D eigenvalue weighted by Gasteiger charge is -2.05. The second-order valence-corrected chi connectivity index (χ2v) is 6.07. The van der Waals surface area contributed by atoms with E-state index < -0.39 is 5.97 Å². The van der Waals surface area contributed by atoms with Crippen LogP contribution in [-0.2, 0) is 11.2 Å². The first-order valence-electron chi connectivity index (χ1n) is 5.65. The Morgan fingerprint density at radius 3 is 2.63 bits per heavy atom. The van der Waals surface area contributed by atoms with Crippen LogP contribution in [0.2, 0.25) is 0 Å². The maximum atomic E-state index is 10.6. The Balaban J connectivity index is 2.13. The molecule has 0 bridgehead atoms. The van der Waals surface area contributed by atoms with E-state index >= 15 is 0 Å². The van der Waals surface area contributed by atoms with Crippen LogP contribution in [0.15, 0.2) is 50.9 Å². The maximum absolute atomic E-state index is 10.6. The summed E-state index contributed by atoms with van der Waals surface area (Å²) < 4.78 is 0.964. The van der Waals surface area contributed by atoms with Crippen LogP contribution >= 0.6 is 27.7 Å². The highest BCUT2D eigenvalue weighted by atomic mass is 79.9. The minimum absolute atomic E-state index is 0.0561. The monoisotopic (exact) mass is 337 g/mol. The van der Waals surface area contributed by atoms with Crippen LogP contribution in [0.5, 0.6) is 0 Å². The molecule has 19 heavy (non-hydrogen) atoms. The van der Waals surface area contributed by atoms with Crippen molar-refractivity contribution >= 4 is 33.7 Å². The van der Waals surface area contributed by atoms with Crippen molar-refractivity contribution in [3.8, 4) is 0 Å². The summed E-state index contributed by atoms with van der Waals surface area (Å²) in [4.78, 5) is 16.0. The third-order valence-electron chi connectivity index (χ3n) is 2.49. The fraction of sp³-hybridized carbons (Fsp3) is 0.143. The van der Waals surface area contributed by atoms with Gasteiger partial charge in [-0.05, 0) is 52.2 Å². The van der Waals surface area contributed by atoms with Crippen LogP contribution in [0.25, 0.3) is 0 Å². The summed E-state index contributed by atoms with van der Waals surface area (Å²) in [6.45, 7) is 2.01. The maximum Gasteiger partial charge on any atom is 0.307 e. The number of aromatic nitrogens is 1. The highest BCUT2D eigenvalue weighted by molar-refractivity contribution is 9.10. The fourth-order valence-corrected chi connectivity index (χ4v) is 2.86. The average molecular weight is 338 g/mol. The summed E-state index contributed by atoms with van der Waals surface area (Å²) in [7, 11) is 0. The number of aryl methyl sites for hydroxylation is 1. The number of carboxylic acid groups (broad SMARTS) is 1. The van der Waals surface area contributed by atoms with Crippen LogP contribution < -0.4 is 0 Å². The van der Waals surface area contributed by atoms with E-state index in [0.717, 1.165) is 25.5 Å². The molecule has 0 aliphatic rings. The molecule has 0 unspecified atom stereocenters. The van der Waals surface area contributed by atoms with Gasteiger partial charge in [0.25, 0.3) is 0 Å². The van der Waals surface area contributed by atoms with Gasteiger partial charge in [0.1, 0.15) is 5.03 Å². The van der Waals surface area contributed by atoms with Crippen molar-refractivity contribution < 1.29 is 9.90 Å². The Kier molecular flexibility index (Phi) is 4.61. The van der Waals surface area contributed by atoms with Crippen molar-refractivity contribution in [2.75, 3.05) is 0 Å². The van der Waals surface area contributed by atoms with Gasteiger partial charge in [0.05, 0.1) is 6.42 Å². The lowest BCUT2D eigenvalue weighted by molar-refractivity contribution is -0.136. The van der Waals surface area contributed by atoms with Gasteiger partial charge in [-0.15, -0.1) is 0 Å². The Bertz CT molecular complexity index is 599. The zero-order valence-corrected chi connectivity index (χ0v) is 12.7. The Morgan fingerprint density at radius 2 is 2.05 bits per heavy atom. The first kappa shape index (κ1) is 14.1. The Labute approximate surface area is 124 Å². The van der Waals surface area contributed by atoms with E-state index in [0.29, 0.717) is 0 Å². The number of hydrogen-bond acceptors (Lipinski definition) is 3. The fourth-order valence-electron chi connectivity index (χ4n) is 1.60. The number of pyridine rings is 1. The molecule has 0 amide bonds. The SMILES string of the molecule is Cc1cc(Br)cnc1Sc1ccc(CC(=O)O)cc1. The predicted octanol–water partition coefficient (Wildman–Crippen LogP) is 3.93. The molecule has 3 nitrogen and oxygen atoms in total. The van der Waals surface area contributed by atoms with E-state index in [-0.39, 0.29) is 6.42 Å². The van der Waals surface area contributed by atoms with E-state index in [1.54, 1.807) is 18.0 Å². The van der Waals surface area contributed by atoms with Crippen molar-refractivity contribution in [1.29, 1.82) is 0 Å². The normalized spacial score (nSPS) is 10.4. The highest BCUT2D eigenvalue weighted by Crippen LogP contribution is 2.29. The molecule has 98 valence electrons. The lowest BCUT2D eigenvalue weighted by atomic mass is 10.2. The van der Waals surface area contributed by atoms with E-state index in [1.165, 1.54) is 0 Å². The van der Waals surface area contributed by atoms with Crippen LogP contribution in [0.4, 0.5) is 0 Å². The van der Waals surface area contributed by atoms with Crippen molar-refractivity contribution in [2.24, 2.45) is 0 Å². The average Bonchev–Trinajstić information content (AvgIpc) is 2.34. The van der Waals surface area contributed by atoms with Crippen molar-refractivity contribution in [2.45, 2.75) is 23.3 Å². The number of rotatable bonds is 4. The number of aliphatic carboxylic acids is 1. The molecule has 2 rings (SSSR count). The lowest BCUT2D eigenvalue weighted by Crippen LogP contribution is -1.99. The minimum Gasteiger partial charge on any atom is -0.481 e. The van der Waals surface area contributed by atoms with E-state index in [9.17, 15) is 4.79 Å². The summed E-state index contributed by atoms with van der Waals surface area (Å²) in [6.07, 6.45) is 1.83. The summed E-state index contributed by atoms with van der Waals surface area (Å²) in [5.41, 5.74) is 1.91. The smallest absolute Gasteiger partial charge is 0.307 e. The van der Waals surface area contributed by atoms with Gasteiger partial charge in [-0.1, -0.05) is 23.9 Å². The molecule has 5 heteroatoms. The van der Waals surface area contributed by atoms with Gasteiger partial charge >= 0.3 is 5.97 Å². The first-order chi connectivity index (χ1) is 9.04. The second-order valence-electron chi connectivity index (χ2n) is 4.09. The number of benzene rings is 1. The largest absolute Gasteiger partial charge is 0.481 e. The molecule has 0 atom stereocenters. The third-order valence-corrected chi connectivity index (χ3v) is 4.05. The number of halogens is 1. The summed E-state index contributed by atoms with van der Waals surface area (Å²) in [6, 6.07) is 9.54. The Morgan fingerprint density at radius 1 is 1.37 bits per heavy atom. The molecule has 0 aliphatic carbocycles. The zero-order valence-electron chi connectivity index (χ0n) is 10.3. The topological polar surface area (TPSA) is 50.2 Å². The van der Waals surface area contributed by atoms with Gasteiger partial charge in [0.2, 0.25) is 0 Å². The van der Waals surface area contributed by atoms with E-state index in [1.807, 2.05) is 37.3 Å². The molecule has 1 N–H and O–H groups in total. The van der Waals surface area contributed by atoms with Gasteiger partial charge in [0.15, 0.2) is 0 Å². The molecule has 0 spiro atoms. The molecule has 2 aromatic rings. The van der Waals surface area contributed by atoms with Gasteiger partial charge < -0.3 is 5.11 Å². The number of carboxylic acids is 1. The van der Waals surface area contributed by atoms with Gasteiger partial charge in [-0.25, -0.2) is 4.98 Å². The zero-order chi connectivity index (χ0) is 13.8. The molecule has 0 radical (unpaired) electrons. The highest BCUT2D eigenvalue weighted by Gasteiger charge is 2.05. The standard InChI is InChI=1S/C14H12BrNO2S/c1-9-6-11(15)8-16-14(9)19-12-4-2-10(3-5-12)7-13(17)18/h2-6,8H,7H2,1H3,(H,17,18). The van der Waals surface area contributed by atoms with Crippen molar-refractivity contribution in [3.63, 3.8) is 0 Å². The Hall–Kier alpha value is -1.33. The number of nitrogens with zero attached hydrogens (tertiary/aromatic N) is 1. The second kappa shape index (κ2) is 6.21. The quantitative estimate of drug-likeness (QED) is 0.918. The molecule has 0 saturated carbocycles. The van der Waals surface area contributed by atoms with Crippen LogP contribution in [-0.4, -0.2) is 16.1 Å². The van der Waals surface area contributed by atoms with E-state index in [4.69, 9.17) is 5.11 Å². The molecule has 0 aliphatic heterocycles. The number of carbonyl (C=O) groups is 1. The summed E-state index contributed by atoms with van der Waals surface area (Å²) in [5.74, 6) is -0.814. The number of hydrogen-bond donors (Lipinski definition) is 1. The van der Waals surface area contributed by atoms with Crippen molar-refractivity contribution in [3.05, 3.63) is 52.1 Å². The van der Waals surface area contributed by atoms with Gasteiger partial charge in [-0.2, -0.15) is 0 Å². The first-order valence-corrected chi connectivity index (χ1v) is 7.26. The molecular formula is C14H12BrNO2S. The summed E-state index contributed by atoms with van der Waals surface area (Å²) >= 11 is 4.96.